The molecular weight excluding hydrogens is 210 g/mol. The number of rotatable bonds is 5. The highest BCUT2D eigenvalue weighted by Gasteiger charge is 2.27. The van der Waals surface area contributed by atoms with E-state index in [4.69, 9.17) is 4.74 Å². The van der Waals surface area contributed by atoms with Crippen LogP contribution >= 0.6 is 0 Å². The second-order valence-electron chi connectivity index (χ2n) is 4.91. The molecule has 0 radical (unpaired) electrons. The van der Waals surface area contributed by atoms with E-state index in [9.17, 15) is 0 Å². The van der Waals surface area contributed by atoms with Crippen molar-refractivity contribution in [2.24, 2.45) is 5.92 Å². The van der Waals surface area contributed by atoms with Crippen molar-refractivity contribution in [1.82, 2.24) is 5.32 Å². The lowest BCUT2D eigenvalue weighted by atomic mass is 9.89. The predicted octanol–water partition coefficient (Wildman–Crippen LogP) is 3.07. The number of aryl methyl sites for hydroxylation is 1. The van der Waals surface area contributed by atoms with Gasteiger partial charge in [0.15, 0.2) is 0 Å². The quantitative estimate of drug-likeness (QED) is 0.844. The molecular formula is C15H23NO. The van der Waals surface area contributed by atoms with E-state index in [1.165, 1.54) is 24.0 Å². The van der Waals surface area contributed by atoms with Crippen LogP contribution in [0.1, 0.15) is 36.9 Å². The van der Waals surface area contributed by atoms with Gasteiger partial charge in [0.25, 0.3) is 0 Å². The first-order valence-electron chi connectivity index (χ1n) is 6.69. The molecule has 17 heavy (non-hydrogen) atoms. The lowest BCUT2D eigenvalue weighted by Crippen LogP contribution is -2.30. The van der Waals surface area contributed by atoms with Crippen molar-refractivity contribution in [2.75, 3.05) is 19.8 Å². The molecule has 94 valence electrons. The summed E-state index contributed by atoms with van der Waals surface area (Å²) in [5.74, 6) is 0.627. The van der Waals surface area contributed by atoms with Crippen molar-refractivity contribution in [2.45, 2.75) is 32.7 Å². The molecule has 0 spiro atoms. The molecule has 1 aliphatic heterocycles. The van der Waals surface area contributed by atoms with E-state index < -0.39 is 0 Å². The van der Waals surface area contributed by atoms with Crippen LogP contribution in [-0.2, 0) is 4.74 Å². The summed E-state index contributed by atoms with van der Waals surface area (Å²) in [6.45, 7) is 7.31. The minimum absolute atomic E-state index is 0.457. The van der Waals surface area contributed by atoms with Crippen LogP contribution in [0.5, 0.6) is 0 Å². The first-order valence-corrected chi connectivity index (χ1v) is 6.69. The van der Waals surface area contributed by atoms with Crippen LogP contribution in [0.4, 0.5) is 0 Å². The summed E-state index contributed by atoms with van der Waals surface area (Å²) in [5, 5.41) is 3.69. The van der Waals surface area contributed by atoms with Crippen LogP contribution in [0, 0.1) is 12.8 Å². The summed E-state index contributed by atoms with van der Waals surface area (Å²) in [6, 6.07) is 9.16. The van der Waals surface area contributed by atoms with Crippen LogP contribution in [-0.4, -0.2) is 19.8 Å². The first-order chi connectivity index (χ1) is 8.33. The molecule has 1 aromatic rings. The Balaban J connectivity index is 2.16. The normalized spacial score (nSPS) is 21.6. The highest BCUT2D eigenvalue weighted by molar-refractivity contribution is 5.29. The lowest BCUT2D eigenvalue weighted by molar-refractivity contribution is 0.176. The van der Waals surface area contributed by atoms with E-state index in [0.717, 1.165) is 19.8 Å². The summed E-state index contributed by atoms with van der Waals surface area (Å²) >= 11 is 0. The second kappa shape index (κ2) is 6.18. The SMILES string of the molecule is CCCNC(c1ccccc1C)C1CCOC1. The predicted molar refractivity (Wildman–Crippen MR) is 71.1 cm³/mol. The number of benzene rings is 1. The Morgan fingerprint density at radius 1 is 1.41 bits per heavy atom. The Bertz CT molecular complexity index is 345. The minimum Gasteiger partial charge on any atom is -0.381 e. The molecule has 0 bridgehead atoms. The summed E-state index contributed by atoms with van der Waals surface area (Å²) in [7, 11) is 0. The molecule has 2 heteroatoms. The molecule has 0 aromatic heterocycles. The smallest absolute Gasteiger partial charge is 0.0513 e. The number of ether oxygens (including phenoxy) is 1. The zero-order chi connectivity index (χ0) is 12.1. The fourth-order valence-electron chi connectivity index (χ4n) is 2.58. The van der Waals surface area contributed by atoms with Gasteiger partial charge < -0.3 is 10.1 Å². The van der Waals surface area contributed by atoms with Gasteiger partial charge in [-0.1, -0.05) is 31.2 Å². The zero-order valence-electron chi connectivity index (χ0n) is 10.9. The molecule has 1 fully saturated rings. The lowest BCUT2D eigenvalue weighted by Gasteiger charge is -2.25. The summed E-state index contributed by atoms with van der Waals surface area (Å²) in [4.78, 5) is 0. The van der Waals surface area contributed by atoms with E-state index >= 15 is 0 Å². The van der Waals surface area contributed by atoms with Crippen molar-refractivity contribution in [3.63, 3.8) is 0 Å². The van der Waals surface area contributed by atoms with Crippen molar-refractivity contribution in [1.29, 1.82) is 0 Å². The molecule has 1 heterocycles. The molecule has 1 aliphatic rings. The molecule has 2 rings (SSSR count). The van der Waals surface area contributed by atoms with Crippen LogP contribution in [0.3, 0.4) is 0 Å². The molecule has 1 aromatic carbocycles. The Hall–Kier alpha value is -0.860. The molecule has 2 unspecified atom stereocenters. The fourth-order valence-corrected chi connectivity index (χ4v) is 2.58. The molecule has 0 saturated carbocycles. The highest BCUT2D eigenvalue weighted by atomic mass is 16.5. The van der Waals surface area contributed by atoms with E-state index in [1.807, 2.05) is 0 Å². The van der Waals surface area contributed by atoms with Crippen LogP contribution < -0.4 is 5.32 Å². The van der Waals surface area contributed by atoms with Gasteiger partial charge >= 0.3 is 0 Å². The monoisotopic (exact) mass is 233 g/mol. The van der Waals surface area contributed by atoms with E-state index in [0.29, 0.717) is 12.0 Å². The van der Waals surface area contributed by atoms with Gasteiger partial charge in [0, 0.05) is 18.6 Å². The topological polar surface area (TPSA) is 21.3 Å². The molecule has 2 nitrogen and oxygen atoms in total. The maximum absolute atomic E-state index is 5.54. The minimum atomic E-state index is 0.457. The van der Waals surface area contributed by atoms with Gasteiger partial charge in [-0.05, 0) is 37.4 Å². The van der Waals surface area contributed by atoms with Crippen LogP contribution in [0.2, 0.25) is 0 Å². The molecule has 0 aliphatic carbocycles. The van der Waals surface area contributed by atoms with Crippen molar-refractivity contribution < 1.29 is 4.74 Å². The Kier molecular flexibility index (Phi) is 4.57. The number of hydrogen-bond donors (Lipinski definition) is 1. The van der Waals surface area contributed by atoms with Gasteiger partial charge in [0.1, 0.15) is 0 Å². The van der Waals surface area contributed by atoms with E-state index in [-0.39, 0.29) is 0 Å². The zero-order valence-corrected chi connectivity index (χ0v) is 10.9. The van der Waals surface area contributed by atoms with Crippen LogP contribution in [0.25, 0.3) is 0 Å². The third-order valence-electron chi connectivity index (χ3n) is 3.57. The van der Waals surface area contributed by atoms with Crippen molar-refractivity contribution >= 4 is 0 Å². The highest BCUT2D eigenvalue weighted by Crippen LogP contribution is 2.30. The molecule has 0 amide bonds. The maximum Gasteiger partial charge on any atom is 0.0513 e. The van der Waals surface area contributed by atoms with Crippen LogP contribution in [0.15, 0.2) is 24.3 Å². The molecule has 1 saturated heterocycles. The van der Waals surface area contributed by atoms with Gasteiger partial charge in [0.2, 0.25) is 0 Å². The number of nitrogens with one attached hydrogen (secondary N) is 1. The largest absolute Gasteiger partial charge is 0.381 e. The Labute approximate surface area is 104 Å². The average Bonchev–Trinajstić information content (AvgIpc) is 2.85. The molecule has 2 atom stereocenters. The Morgan fingerprint density at radius 3 is 2.88 bits per heavy atom. The van der Waals surface area contributed by atoms with Gasteiger partial charge in [-0.25, -0.2) is 0 Å². The second-order valence-corrected chi connectivity index (χ2v) is 4.91. The van der Waals surface area contributed by atoms with E-state index in [1.54, 1.807) is 0 Å². The van der Waals surface area contributed by atoms with E-state index in [2.05, 4.69) is 43.4 Å². The molecule has 1 N–H and O–H groups in total. The fraction of sp³-hybridized carbons (Fsp3) is 0.600. The van der Waals surface area contributed by atoms with Gasteiger partial charge in [-0.3, -0.25) is 0 Å². The summed E-state index contributed by atoms with van der Waals surface area (Å²) in [5.41, 5.74) is 2.82. The number of hydrogen-bond acceptors (Lipinski definition) is 2. The van der Waals surface area contributed by atoms with Gasteiger partial charge in [0.05, 0.1) is 6.61 Å². The average molecular weight is 233 g/mol. The standard InChI is InChI=1S/C15H23NO/c1-3-9-16-15(13-8-10-17-11-13)14-7-5-4-6-12(14)2/h4-7,13,15-16H,3,8-11H2,1-2H3. The van der Waals surface area contributed by atoms with Crippen molar-refractivity contribution in [3.05, 3.63) is 35.4 Å². The summed E-state index contributed by atoms with van der Waals surface area (Å²) < 4.78 is 5.54. The maximum atomic E-state index is 5.54. The van der Waals surface area contributed by atoms with Crippen molar-refractivity contribution in [3.8, 4) is 0 Å². The third-order valence-corrected chi connectivity index (χ3v) is 3.57. The first kappa shape index (κ1) is 12.6. The summed E-state index contributed by atoms with van der Waals surface area (Å²) in [6.07, 6.45) is 2.35. The van der Waals surface area contributed by atoms with Gasteiger partial charge in [-0.15, -0.1) is 0 Å². The Morgan fingerprint density at radius 2 is 2.24 bits per heavy atom. The van der Waals surface area contributed by atoms with Gasteiger partial charge in [-0.2, -0.15) is 0 Å². The third kappa shape index (κ3) is 3.08.